The quantitative estimate of drug-likeness (QED) is 0.445. The molecule has 0 aliphatic rings. The molecule has 0 heterocycles. The van der Waals surface area contributed by atoms with E-state index in [1.54, 1.807) is 0 Å². The van der Waals surface area contributed by atoms with Crippen LogP contribution >= 0.6 is 0 Å². The summed E-state index contributed by atoms with van der Waals surface area (Å²) in [6.07, 6.45) is 5.17. The summed E-state index contributed by atoms with van der Waals surface area (Å²) in [4.78, 5) is 5.31. The van der Waals surface area contributed by atoms with E-state index in [-0.39, 0.29) is 6.61 Å². The van der Waals surface area contributed by atoms with E-state index in [9.17, 15) is 0 Å². The third-order valence-electron chi connectivity index (χ3n) is 2.06. The van der Waals surface area contributed by atoms with Crippen molar-refractivity contribution in [3.63, 3.8) is 0 Å². The van der Waals surface area contributed by atoms with Crippen LogP contribution in [0.15, 0.2) is 24.3 Å². The molecule has 0 saturated carbocycles. The van der Waals surface area contributed by atoms with Gasteiger partial charge in [0.15, 0.2) is 0 Å². The summed E-state index contributed by atoms with van der Waals surface area (Å²) in [5, 5.41) is 0. The first-order valence-corrected chi connectivity index (χ1v) is 5.73. The molecule has 0 saturated heterocycles. The van der Waals surface area contributed by atoms with Crippen LogP contribution in [0, 0.1) is 18.3 Å². The van der Waals surface area contributed by atoms with Crippen LogP contribution in [-0.2, 0) is 11.4 Å². The van der Waals surface area contributed by atoms with E-state index in [0.717, 1.165) is 11.3 Å². The van der Waals surface area contributed by atoms with Gasteiger partial charge < -0.3 is 9.57 Å². The molecule has 1 aromatic carbocycles. The topological polar surface area (TPSA) is 30.5 Å². The van der Waals surface area contributed by atoms with Gasteiger partial charge in [0.1, 0.15) is 12.4 Å². The van der Waals surface area contributed by atoms with Crippen molar-refractivity contribution in [2.45, 2.75) is 20.4 Å². The zero-order valence-electron chi connectivity index (χ0n) is 10.4. The minimum absolute atomic E-state index is 0.282. The van der Waals surface area contributed by atoms with Crippen LogP contribution in [0.25, 0.3) is 0 Å². The maximum absolute atomic E-state index is 5.43. The van der Waals surface area contributed by atoms with Gasteiger partial charge in [0.2, 0.25) is 0 Å². The fraction of sp³-hybridized carbons (Fsp3) is 0.429. The molecule has 0 amide bonds. The van der Waals surface area contributed by atoms with Gasteiger partial charge in [-0.05, 0) is 12.0 Å². The number of ether oxygens (including phenoxy) is 1. The second-order valence-electron chi connectivity index (χ2n) is 4.13. The molecule has 0 unspecified atom stereocenters. The smallest absolute Gasteiger partial charge is 0.148 e. The Morgan fingerprint density at radius 1 is 1.35 bits per heavy atom. The third kappa shape index (κ3) is 5.39. The SMILES string of the molecule is C#CCOc1ccccc1CNOCC(C)C. The van der Waals surface area contributed by atoms with Crippen molar-refractivity contribution in [3.05, 3.63) is 29.8 Å². The van der Waals surface area contributed by atoms with Crippen molar-refractivity contribution in [1.82, 2.24) is 5.48 Å². The maximum atomic E-state index is 5.43. The maximum Gasteiger partial charge on any atom is 0.148 e. The fourth-order valence-corrected chi connectivity index (χ4v) is 1.26. The van der Waals surface area contributed by atoms with E-state index in [1.807, 2.05) is 24.3 Å². The molecule has 1 aromatic rings. The number of benzene rings is 1. The van der Waals surface area contributed by atoms with E-state index >= 15 is 0 Å². The van der Waals surface area contributed by atoms with Gasteiger partial charge in [-0.1, -0.05) is 38.0 Å². The lowest BCUT2D eigenvalue weighted by atomic mass is 10.2. The highest BCUT2D eigenvalue weighted by Gasteiger charge is 2.02. The number of hydrogen-bond donors (Lipinski definition) is 1. The second kappa shape index (κ2) is 7.72. The van der Waals surface area contributed by atoms with E-state index in [0.29, 0.717) is 19.1 Å². The predicted octanol–water partition coefficient (Wildman–Crippen LogP) is 2.38. The minimum Gasteiger partial charge on any atom is -0.481 e. The van der Waals surface area contributed by atoms with Gasteiger partial charge >= 0.3 is 0 Å². The molecule has 92 valence electrons. The number of nitrogens with one attached hydrogen (secondary N) is 1. The van der Waals surface area contributed by atoms with Crippen LogP contribution in [-0.4, -0.2) is 13.2 Å². The number of hydroxylamine groups is 1. The Labute approximate surface area is 103 Å². The molecule has 0 radical (unpaired) electrons. The molecule has 0 spiro atoms. The van der Waals surface area contributed by atoms with Gasteiger partial charge in [0.05, 0.1) is 6.61 Å². The van der Waals surface area contributed by atoms with Crippen LogP contribution < -0.4 is 10.2 Å². The molecule has 17 heavy (non-hydrogen) atoms. The van der Waals surface area contributed by atoms with Gasteiger partial charge in [-0.3, -0.25) is 0 Å². The van der Waals surface area contributed by atoms with E-state index in [2.05, 4.69) is 25.2 Å². The van der Waals surface area contributed by atoms with Gasteiger partial charge in [0.25, 0.3) is 0 Å². The molecule has 3 nitrogen and oxygen atoms in total. The molecule has 1 rings (SSSR count). The summed E-state index contributed by atoms with van der Waals surface area (Å²) in [6, 6.07) is 7.76. The van der Waals surface area contributed by atoms with E-state index in [4.69, 9.17) is 16.0 Å². The lowest BCUT2D eigenvalue weighted by Crippen LogP contribution is -2.17. The largest absolute Gasteiger partial charge is 0.481 e. The number of para-hydroxylation sites is 1. The lowest BCUT2D eigenvalue weighted by molar-refractivity contribution is 0.0193. The lowest BCUT2D eigenvalue weighted by Gasteiger charge is -2.11. The first-order chi connectivity index (χ1) is 8.24. The Hall–Kier alpha value is -1.50. The summed E-state index contributed by atoms with van der Waals surface area (Å²) in [5.74, 6) is 3.76. The molecular formula is C14H19NO2. The van der Waals surface area contributed by atoms with E-state index in [1.165, 1.54) is 0 Å². The van der Waals surface area contributed by atoms with Gasteiger partial charge in [-0.15, -0.1) is 6.42 Å². The summed E-state index contributed by atoms with van der Waals surface area (Å²) >= 11 is 0. The first-order valence-electron chi connectivity index (χ1n) is 5.73. The summed E-state index contributed by atoms with van der Waals surface area (Å²) in [6.45, 7) is 5.78. The second-order valence-corrected chi connectivity index (χ2v) is 4.13. The number of terminal acetylenes is 1. The molecule has 0 aliphatic carbocycles. The average Bonchev–Trinajstić information content (AvgIpc) is 2.33. The van der Waals surface area contributed by atoms with Crippen molar-refractivity contribution in [3.8, 4) is 18.1 Å². The molecular weight excluding hydrogens is 214 g/mol. The Morgan fingerprint density at radius 3 is 2.82 bits per heavy atom. The molecule has 0 atom stereocenters. The van der Waals surface area contributed by atoms with Gasteiger partial charge in [0, 0.05) is 12.1 Å². The Morgan fingerprint density at radius 2 is 2.12 bits per heavy atom. The Bertz CT molecular complexity index is 369. The highest BCUT2D eigenvalue weighted by Crippen LogP contribution is 2.17. The van der Waals surface area contributed by atoms with Crippen molar-refractivity contribution >= 4 is 0 Å². The molecule has 0 bridgehead atoms. The van der Waals surface area contributed by atoms with Crippen LogP contribution in [0.3, 0.4) is 0 Å². The molecule has 1 N–H and O–H groups in total. The average molecular weight is 233 g/mol. The highest BCUT2D eigenvalue weighted by molar-refractivity contribution is 5.33. The van der Waals surface area contributed by atoms with Crippen LogP contribution in [0.2, 0.25) is 0 Å². The monoisotopic (exact) mass is 233 g/mol. The van der Waals surface area contributed by atoms with Crippen molar-refractivity contribution in [1.29, 1.82) is 0 Å². The third-order valence-corrected chi connectivity index (χ3v) is 2.06. The van der Waals surface area contributed by atoms with E-state index < -0.39 is 0 Å². The standard InChI is InChI=1S/C14H19NO2/c1-4-9-16-14-8-6-5-7-13(14)10-15-17-11-12(2)3/h1,5-8,12,15H,9-11H2,2-3H3. The van der Waals surface area contributed by atoms with Crippen molar-refractivity contribution in [2.75, 3.05) is 13.2 Å². The van der Waals surface area contributed by atoms with Gasteiger partial charge in [-0.2, -0.15) is 5.48 Å². The minimum atomic E-state index is 0.282. The zero-order valence-corrected chi connectivity index (χ0v) is 10.4. The predicted molar refractivity (Wildman–Crippen MR) is 68.4 cm³/mol. The molecule has 0 aromatic heterocycles. The zero-order chi connectivity index (χ0) is 12.5. The molecule has 0 aliphatic heterocycles. The highest BCUT2D eigenvalue weighted by atomic mass is 16.6. The first kappa shape index (κ1) is 13.6. The van der Waals surface area contributed by atoms with Crippen molar-refractivity contribution in [2.24, 2.45) is 5.92 Å². The summed E-state index contributed by atoms with van der Waals surface area (Å²) < 4.78 is 5.43. The summed E-state index contributed by atoms with van der Waals surface area (Å²) in [5.41, 5.74) is 3.95. The molecule has 0 fully saturated rings. The van der Waals surface area contributed by atoms with Crippen LogP contribution in [0.4, 0.5) is 0 Å². The fourth-order valence-electron chi connectivity index (χ4n) is 1.26. The van der Waals surface area contributed by atoms with Crippen LogP contribution in [0.5, 0.6) is 5.75 Å². The Balaban J connectivity index is 2.43. The van der Waals surface area contributed by atoms with Gasteiger partial charge in [-0.25, -0.2) is 0 Å². The Kier molecular flexibility index (Phi) is 6.16. The van der Waals surface area contributed by atoms with Crippen molar-refractivity contribution < 1.29 is 9.57 Å². The number of rotatable bonds is 7. The normalized spacial score (nSPS) is 10.2. The number of hydrogen-bond acceptors (Lipinski definition) is 3. The molecule has 3 heteroatoms. The summed E-state index contributed by atoms with van der Waals surface area (Å²) in [7, 11) is 0. The van der Waals surface area contributed by atoms with Crippen LogP contribution in [0.1, 0.15) is 19.4 Å².